The van der Waals surface area contributed by atoms with E-state index in [1.165, 1.54) is 16.9 Å². The van der Waals surface area contributed by atoms with Crippen LogP contribution in [-0.2, 0) is 17.8 Å². The van der Waals surface area contributed by atoms with E-state index in [9.17, 15) is 9.59 Å². The van der Waals surface area contributed by atoms with Crippen molar-refractivity contribution in [1.29, 1.82) is 0 Å². The molecule has 1 unspecified atom stereocenters. The van der Waals surface area contributed by atoms with Gasteiger partial charge in [-0.25, -0.2) is 4.98 Å². The maximum Gasteiger partial charge on any atom is 0.270 e. The third-order valence-corrected chi connectivity index (χ3v) is 6.88. The molecule has 0 fully saturated rings. The molecule has 184 valence electrons. The minimum Gasteiger partial charge on any atom is -0.486 e. The van der Waals surface area contributed by atoms with E-state index in [0.29, 0.717) is 24.7 Å². The van der Waals surface area contributed by atoms with Crippen molar-refractivity contribution in [2.24, 2.45) is 11.8 Å². The molecule has 0 saturated carbocycles. The molecule has 1 aliphatic heterocycles. The smallest absolute Gasteiger partial charge is 0.270 e. The Bertz CT molecular complexity index is 1170. The standard InChI is InChI=1S/C28H33N3O3S/c1-18(2)15-29-27(32)24-17-35-25(30-24)16-34-22-11-10-20-12-13-31(28(33)19(3)4)26(23(20)14-22)21-8-6-5-7-9-21/h5-11,14,17-19,26H,12-13,15-16H2,1-4H3,(H,29,32). The van der Waals surface area contributed by atoms with Gasteiger partial charge < -0.3 is 15.0 Å². The zero-order valence-electron chi connectivity index (χ0n) is 20.8. The van der Waals surface area contributed by atoms with Crippen LogP contribution in [0.2, 0.25) is 0 Å². The van der Waals surface area contributed by atoms with E-state index in [1.807, 2.05) is 43.0 Å². The third-order valence-electron chi connectivity index (χ3n) is 6.06. The summed E-state index contributed by atoms with van der Waals surface area (Å²) in [4.78, 5) is 31.8. The maximum atomic E-state index is 13.1. The number of rotatable bonds is 8. The Labute approximate surface area is 211 Å². The lowest BCUT2D eigenvalue weighted by atomic mass is 9.87. The van der Waals surface area contributed by atoms with Crippen molar-refractivity contribution in [3.8, 4) is 5.75 Å². The fourth-order valence-electron chi connectivity index (χ4n) is 4.26. The summed E-state index contributed by atoms with van der Waals surface area (Å²) in [6.45, 7) is 9.61. The van der Waals surface area contributed by atoms with Crippen LogP contribution in [0.1, 0.15) is 65.9 Å². The Morgan fingerprint density at radius 3 is 2.63 bits per heavy atom. The molecule has 2 aromatic carbocycles. The van der Waals surface area contributed by atoms with Gasteiger partial charge >= 0.3 is 0 Å². The number of hydrogen-bond donors (Lipinski definition) is 1. The van der Waals surface area contributed by atoms with E-state index in [4.69, 9.17) is 4.74 Å². The van der Waals surface area contributed by atoms with E-state index >= 15 is 0 Å². The van der Waals surface area contributed by atoms with Crippen molar-refractivity contribution in [2.45, 2.75) is 46.8 Å². The van der Waals surface area contributed by atoms with Crippen LogP contribution in [0.3, 0.4) is 0 Å². The molecule has 3 aromatic rings. The Balaban J connectivity index is 1.53. The van der Waals surface area contributed by atoms with Gasteiger partial charge in [-0.1, -0.05) is 64.1 Å². The summed E-state index contributed by atoms with van der Waals surface area (Å²) in [5.74, 6) is 1.04. The van der Waals surface area contributed by atoms with Crippen LogP contribution >= 0.6 is 11.3 Å². The Morgan fingerprint density at radius 1 is 1.14 bits per heavy atom. The number of hydrogen-bond acceptors (Lipinski definition) is 5. The largest absolute Gasteiger partial charge is 0.486 e. The fraction of sp³-hybridized carbons (Fsp3) is 0.393. The van der Waals surface area contributed by atoms with Gasteiger partial charge in [0.25, 0.3) is 5.91 Å². The van der Waals surface area contributed by atoms with Crippen LogP contribution in [0.15, 0.2) is 53.9 Å². The number of benzene rings is 2. The van der Waals surface area contributed by atoms with Crippen LogP contribution in [0.25, 0.3) is 0 Å². The number of aromatic nitrogens is 1. The first-order valence-electron chi connectivity index (χ1n) is 12.2. The SMILES string of the molecule is CC(C)CNC(=O)c1csc(COc2ccc3c(c2)C(c2ccccc2)N(C(=O)C(C)C)CC3)n1. The second kappa shape index (κ2) is 11.0. The Morgan fingerprint density at radius 2 is 1.91 bits per heavy atom. The number of fused-ring (bicyclic) bond motifs is 1. The average molecular weight is 492 g/mol. The molecule has 1 aromatic heterocycles. The van der Waals surface area contributed by atoms with Gasteiger partial charge in [-0.2, -0.15) is 0 Å². The monoisotopic (exact) mass is 491 g/mol. The van der Waals surface area contributed by atoms with Gasteiger partial charge in [0.1, 0.15) is 23.1 Å². The molecule has 0 radical (unpaired) electrons. The molecule has 0 spiro atoms. The molecule has 0 saturated heterocycles. The summed E-state index contributed by atoms with van der Waals surface area (Å²) in [5, 5.41) is 5.40. The number of ether oxygens (including phenoxy) is 1. The molecule has 0 bridgehead atoms. The van der Waals surface area contributed by atoms with Crippen molar-refractivity contribution in [3.63, 3.8) is 0 Å². The number of nitrogens with zero attached hydrogens (tertiary/aromatic N) is 2. The Hall–Kier alpha value is -3.19. The van der Waals surface area contributed by atoms with Gasteiger partial charge in [-0.15, -0.1) is 11.3 Å². The van der Waals surface area contributed by atoms with Gasteiger partial charge in [-0.05, 0) is 41.2 Å². The van der Waals surface area contributed by atoms with E-state index in [0.717, 1.165) is 28.3 Å². The third kappa shape index (κ3) is 5.90. The van der Waals surface area contributed by atoms with Crippen molar-refractivity contribution < 1.29 is 14.3 Å². The zero-order chi connectivity index (χ0) is 24.9. The van der Waals surface area contributed by atoms with Crippen molar-refractivity contribution in [3.05, 3.63) is 81.3 Å². The lowest BCUT2D eigenvalue weighted by Gasteiger charge is -2.39. The number of carbonyl (C=O) groups excluding carboxylic acids is 2. The summed E-state index contributed by atoms with van der Waals surface area (Å²) in [6, 6.07) is 16.2. The minimum absolute atomic E-state index is 0.0703. The minimum atomic E-state index is -0.157. The first-order valence-corrected chi connectivity index (χ1v) is 13.0. The molecule has 2 heterocycles. The molecule has 4 rings (SSSR count). The fourth-order valence-corrected chi connectivity index (χ4v) is 4.95. The van der Waals surface area contributed by atoms with Gasteiger partial charge in [0.05, 0.1) is 6.04 Å². The van der Waals surface area contributed by atoms with Gasteiger partial charge in [-0.3, -0.25) is 9.59 Å². The average Bonchev–Trinajstić information content (AvgIpc) is 3.34. The summed E-state index contributed by atoms with van der Waals surface area (Å²) < 4.78 is 6.09. The van der Waals surface area contributed by atoms with Crippen LogP contribution in [-0.4, -0.2) is 34.8 Å². The molecule has 6 nitrogen and oxygen atoms in total. The summed E-state index contributed by atoms with van der Waals surface area (Å²) in [5.41, 5.74) is 3.85. The van der Waals surface area contributed by atoms with Crippen molar-refractivity contribution >= 4 is 23.2 Å². The predicted molar refractivity (Wildman–Crippen MR) is 139 cm³/mol. The molecule has 2 amide bonds. The normalized spacial score (nSPS) is 15.3. The van der Waals surface area contributed by atoms with Crippen molar-refractivity contribution in [1.82, 2.24) is 15.2 Å². The number of carbonyl (C=O) groups is 2. The highest BCUT2D eigenvalue weighted by Crippen LogP contribution is 2.38. The summed E-state index contributed by atoms with van der Waals surface area (Å²) in [6.07, 6.45) is 0.818. The van der Waals surface area contributed by atoms with E-state index < -0.39 is 0 Å². The van der Waals surface area contributed by atoms with Gasteiger partial charge in [0, 0.05) is 24.4 Å². The number of amides is 2. The topological polar surface area (TPSA) is 71.5 Å². The van der Waals surface area contributed by atoms with Crippen LogP contribution in [0.4, 0.5) is 0 Å². The highest BCUT2D eigenvalue weighted by molar-refractivity contribution is 7.09. The van der Waals surface area contributed by atoms with Gasteiger partial charge in [0.15, 0.2) is 0 Å². The first-order chi connectivity index (χ1) is 16.8. The Kier molecular flexibility index (Phi) is 7.86. The van der Waals surface area contributed by atoms with Crippen LogP contribution in [0.5, 0.6) is 5.75 Å². The molecule has 1 aliphatic rings. The second-order valence-electron chi connectivity index (χ2n) is 9.63. The van der Waals surface area contributed by atoms with E-state index in [2.05, 4.69) is 48.4 Å². The second-order valence-corrected chi connectivity index (χ2v) is 10.6. The highest BCUT2D eigenvalue weighted by Gasteiger charge is 2.33. The summed E-state index contributed by atoms with van der Waals surface area (Å²) >= 11 is 1.42. The molecular weight excluding hydrogens is 458 g/mol. The first kappa shape index (κ1) is 24.9. The van der Waals surface area contributed by atoms with Crippen molar-refractivity contribution in [2.75, 3.05) is 13.1 Å². The number of thiazole rings is 1. The highest BCUT2D eigenvalue weighted by atomic mass is 32.1. The zero-order valence-corrected chi connectivity index (χ0v) is 21.6. The lowest BCUT2D eigenvalue weighted by molar-refractivity contribution is -0.136. The molecule has 1 N–H and O–H groups in total. The molecular formula is C28H33N3O3S. The molecule has 7 heteroatoms. The molecule has 0 aliphatic carbocycles. The van der Waals surface area contributed by atoms with Crippen LogP contribution in [0, 0.1) is 11.8 Å². The van der Waals surface area contributed by atoms with Crippen LogP contribution < -0.4 is 10.1 Å². The number of nitrogens with one attached hydrogen (secondary N) is 1. The maximum absolute atomic E-state index is 13.1. The molecule has 35 heavy (non-hydrogen) atoms. The predicted octanol–water partition coefficient (Wildman–Crippen LogP) is 5.24. The quantitative estimate of drug-likeness (QED) is 0.468. The van der Waals surface area contributed by atoms with Gasteiger partial charge in [0.2, 0.25) is 5.91 Å². The van der Waals surface area contributed by atoms with E-state index in [1.54, 1.807) is 5.38 Å². The van der Waals surface area contributed by atoms with E-state index in [-0.39, 0.29) is 30.4 Å². The lowest BCUT2D eigenvalue weighted by Crippen LogP contribution is -2.42. The summed E-state index contributed by atoms with van der Waals surface area (Å²) in [7, 11) is 0. The molecule has 1 atom stereocenters.